The van der Waals surface area contributed by atoms with E-state index in [9.17, 15) is 0 Å². The molecule has 1 aliphatic carbocycles. The van der Waals surface area contributed by atoms with Gasteiger partial charge in [0.25, 0.3) is 0 Å². The highest BCUT2D eigenvalue weighted by Gasteiger charge is 2.19. The largest absolute Gasteiger partial charge is 0.353 e. The summed E-state index contributed by atoms with van der Waals surface area (Å²) in [6.07, 6.45) is 7.23. The van der Waals surface area contributed by atoms with Crippen molar-refractivity contribution in [2.45, 2.75) is 25.7 Å². The molecule has 2 aromatic heterocycles. The van der Waals surface area contributed by atoms with E-state index in [1.807, 2.05) is 0 Å². The van der Waals surface area contributed by atoms with Gasteiger partial charge in [0.1, 0.15) is 12.6 Å². The average Bonchev–Trinajstić information content (AvgIpc) is 2.77. The molecule has 0 aliphatic heterocycles. The van der Waals surface area contributed by atoms with Crippen molar-refractivity contribution < 1.29 is 4.57 Å². The first-order valence-corrected chi connectivity index (χ1v) is 6.75. The van der Waals surface area contributed by atoms with Gasteiger partial charge in [-0.05, 0) is 43.4 Å². The van der Waals surface area contributed by atoms with E-state index in [-0.39, 0.29) is 0 Å². The van der Waals surface area contributed by atoms with Crippen LogP contribution >= 0.6 is 0 Å². The van der Waals surface area contributed by atoms with E-state index >= 15 is 0 Å². The van der Waals surface area contributed by atoms with Crippen LogP contribution in [-0.4, -0.2) is 4.98 Å². The van der Waals surface area contributed by atoms with Gasteiger partial charge in [-0.2, -0.15) is 4.57 Å². The maximum atomic E-state index is 3.68. The van der Waals surface area contributed by atoms with Gasteiger partial charge in [-0.25, -0.2) is 0 Å². The summed E-state index contributed by atoms with van der Waals surface area (Å²) in [6, 6.07) is 8.84. The second kappa shape index (κ2) is 3.58. The lowest BCUT2D eigenvalue weighted by Gasteiger charge is -2.10. The Morgan fingerprint density at radius 3 is 2.94 bits per heavy atom. The minimum atomic E-state index is 1.21. The van der Waals surface area contributed by atoms with Gasteiger partial charge in [0.05, 0.1) is 0 Å². The van der Waals surface area contributed by atoms with Crippen LogP contribution in [0.4, 0.5) is 0 Å². The molecule has 18 heavy (non-hydrogen) atoms. The van der Waals surface area contributed by atoms with Crippen LogP contribution in [0.5, 0.6) is 0 Å². The van der Waals surface area contributed by atoms with Crippen LogP contribution in [0.3, 0.4) is 0 Å². The standard InChI is InChI=1S/C16H16N2/c1-18-10-4-5-11-8-9-13-12-6-2-3-7-14(12)17-15(13)16(11)18/h4-5,8-10H,2-3,6-7H2,1H3/p+1. The van der Waals surface area contributed by atoms with Gasteiger partial charge in [0.2, 0.25) is 5.52 Å². The predicted octanol–water partition coefficient (Wildman–Crippen LogP) is 3.02. The summed E-state index contributed by atoms with van der Waals surface area (Å²) in [5.74, 6) is 0. The molecule has 0 bridgehead atoms. The van der Waals surface area contributed by atoms with E-state index in [0.717, 1.165) is 0 Å². The minimum Gasteiger partial charge on any atom is -0.353 e. The summed E-state index contributed by atoms with van der Waals surface area (Å²) in [7, 11) is 2.13. The Morgan fingerprint density at radius 1 is 1.11 bits per heavy atom. The zero-order valence-electron chi connectivity index (χ0n) is 10.7. The molecule has 2 heterocycles. The maximum Gasteiger partial charge on any atom is 0.236 e. The van der Waals surface area contributed by atoms with Gasteiger partial charge in [-0.1, -0.05) is 6.07 Å². The molecule has 3 aromatic rings. The molecular formula is C16H17N2+. The Labute approximate surface area is 106 Å². The summed E-state index contributed by atoms with van der Waals surface area (Å²) in [4.78, 5) is 3.68. The maximum absolute atomic E-state index is 3.68. The highest BCUT2D eigenvalue weighted by molar-refractivity contribution is 6.03. The number of pyridine rings is 1. The minimum absolute atomic E-state index is 1.21. The smallest absolute Gasteiger partial charge is 0.236 e. The molecule has 2 heteroatoms. The van der Waals surface area contributed by atoms with Gasteiger partial charge in [-0.15, -0.1) is 0 Å². The molecule has 0 saturated carbocycles. The number of hydrogen-bond acceptors (Lipinski definition) is 0. The Hall–Kier alpha value is -1.83. The van der Waals surface area contributed by atoms with Gasteiger partial charge < -0.3 is 4.98 Å². The average molecular weight is 237 g/mol. The van der Waals surface area contributed by atoms with Crippen molar-refractivity contribution in [1.29, 1.82) is 0 Å². The van der Waals surface area contributed by atoms with Crippen molar-refractivity contribution in [3.8, 4) is 0 Å². The number of rotatable bonds is 0. The summed E-state index contributed by atoms with van der Waals surface area (Å²) < 4.78 is 2.22. The van der Waals surface area contributed by atoms with E-state index < -0.39 is 0 Å². The fraction of sp³-hybridized carbons (Fsp3) is 0.312. The lowest BCUT2D eigenvalue weighted by atomic mass is 9.95. The Morgan fingerprint density at radius 2 is 2.00 bits per heavy atom. The highest BCUT2D eigenvalue weighted by atomic mass is 14.9. The number of aromatic nitrogens is 2. The summed E-state index contributed by atoms with van der Waals surface area (Å²) in [5.41, 5.74) is 5.67. The molecule has 0 radical (unpaired) electrons. The number of nitrogens with one attached hydrogen (secondary N) is 1. The Balaban J connectivity index is 2.19. The first-order valence-electron chi connectivity index (χ1n) is 6.75. The van der Waals surface area contributed by atoms with E-state index in [2.05, 4.69) is 47.1 Å². The topological polar surface area (TPSA) is 19.7 Å². The third-order valence-corrected chi connectivity index (χ3v) is 4.22. The number of benzene rings is 1. The summed E-state index contributed by atoms with van der Waals surface area (Å²) in [5, 5.41) is 2.74. The first-order chi connectivity index (χ1) is 8.84. The molecule has 1 aliphatic rings. The summed E-state index contributed by atoms with van der Waals surface area (Å²) in [6.45, 7) is 0. The number of fused-ring (bicyclic) bond motifs is 5. The van der Waals surface area contributed by atoms with E-state index in [4.69, 9.17) is 0 Å². The second-order valence-corrected chi connectivity index (χ2v) is 5.33. The van der Waals surface area contributed by atoms with Crippen LogP contribution in [0, 0.1) is 0 Å². The lowest BCUT2D eigenvalue weighted by molar-refractivity contribution is -0.644. The highest BCUT2D eigenvalue weighted by Crippen LogP contribution is 2.31. The van der Waals surface area contributed by atoms with Gasteiger partial charge >= 0.3 is 0 Å². The molecule has 0 spiro atoms. The zero-order chi connectivity index (χ0) is 12.1. The van der Waals surface area contributed by atoms with E-state index in [0.29, 0.717) is 0 Å². The number of H-pyrrole nitrogens is 1. The number of nitrogens with zero attached hydrogens (tertiary/aromatic N) is 1. The molecule has 4 rings (SSSR count). The molecule has 0 saturated heterocycles. The molecule has 1 aromatic carbocycles. The van der Waals surface area contributed by atoms with Crippen LogP contribution in [0.25, 0.3) is 21.8 Å². The van der Waals surface area contributed by atoms with Crippen molar-refractivity contribution >= 4 is 21.8 Å². The monoisotopic (exact) mass is 237 g/mol. The van der Waals surface area contributed by atoms with Gasteiger partial charge in [0.15, 0.2) is 6.20 Å². The van der Waals surface area contributed by atoms with Crippen molar-refractivity contribution in [2.24, 2.45) is 7.05 Å². The van der Waals surface area contributed by atoms with Crippen LogP contribution < -0.4 is 4.57 Å². The van der Waals surface area contributed by atoms with E-state index in [1.165, 1.54) is 53.2 Å². The van der Waals surface area contributed by atoms with Gasteiger partial charge in [-0.3, -0.25) is 0 Å². The molecule has 0 unspecified atom stereocenters. The van der Waals surface area contributed by atoms with Crippen LogP contribution in [0.2, 0.25) is 0 Å². The lowest BCUT2D eigenvalue weighted by Crippen LogP contribution is -2.28. The predicted molar refractivity (Wildman–Crippen MR) is 73.6 cm³/mol. The zero-order valence-corrected chi connectivity index (χ0v) is 10.7. The van der Waals surface area contributed by atoms with Crippen molar-refractivity contribution in [2.75, 3.05) is 0 Å². The van der Waals surface area contributed by atoms with Crippen LogP contribution in [-0.2, 0) is 19.9 Å². The number of aryl methyl sites for hydroxylation is 3. The molecule has 1 N–H and O–H groups in total. The fourth-order valence-electron chi connectivity index (χ4n) is 3.34. The number of hydrogen-bond donors (Lipinski definition) is 1. The van der Waals surface area contributed by atoms with Crippen LogP contribution in [0.15, 0.2) is 30.5 Å². The Bertz CT molecular complexity index is 752. The Kier molecular flexibility index (Phi) is 2.01. The molecule has 0 atom stereocenters. The fourth-order valence-corrected chi connectivity index (χ4v) is 3.34. The van der Waals surface area contributed by atoms with Crippen molar-refractivity contribution in [3.05, 3.63) is 41.7 Å². The van der Waals surface area contributed by atoms with Crippen molar-refractivity contribution in [3.63, 3.8) is 0 Å². The van der Waals surface area contributed by atoms with E-state index in [1.54, 1.807) is 5.56 Å². The molecule has 90 valence electrons. The SMILES string of the molecule is C[n+]1cccc2ccc3c4c([nH]c3c21)CCCC4. The molecule has 0 amide bonds. The number of aromatic amines is 1. The summed E-state index contributed by atoms with van der Waals surface area (Å²) >= 11 is 0. The quantitative estimate of drug-likeness (QED) is 0.580. The molecular weight excluding hydrogens is 220 g/mol. The van der Waals surface area contributed by atoms with Gasteiger partial charge in [0, 0.05) is 22.5 Å². The third-order valence-electron chi connectivity index (χ3n) is 4.22. The molecule has 2 nitrogen and oxygen atoms in total. The van der Waals surface area contributed by atoms with Crippen molar-refractivity contribution in [1.82, 2.24) is 4.98 Å². The van der Waals surface area contributed by atoms with Crippen LogP contribution in [0.1, 0.15) is 24.1 Å². The second-order valence-electron chi connectivity index (χ2n) is 5.33. The third kappa shape index (κ3) is 1.26. The molecule has 0 fully saturated rings. The first kappa shape index (κ1) is 10.1. The normalized spacial score (nSPS) is 15.2.